The molecule has 0 saturated carbocycles. The molecule has 0 aliphatic carbocycles. The number of halogens is 2. The van der Waals surface area contributed by atoms with Gasteiger partial charge in [0.05, 0.1) is 29.4 Å². The van der Waals surface area contributed by atoms with Crippen molar-refractivity contribution in [3.05, 3.63) is 69.2 Å². The minimum absolute atomic E-state index is 0.190. The third kappa shape index (κ3) is 4.17. The lowest BCUT2D eigenvalue weighted by molar-refractivity contribution is 0.0394. The third-order valence-electron chi connectivity index (χ3n) is 5.89. The fraction of sp³-hybridized carbons (Fsp3) is 0.333. The summed E-state index contributed by atoms with van der Waals surface area (Å²) < 4.78 is 22.8. The van der Waals surface area contributed by atoms with Crippen LogP contribution >= 0.6 is 11.6 Å². The molecule has 176 valence electrons. The van der Waals surface area contributed by atoms with Crippen LogP contribution < -0.4 is 10.5 Å². The van der Waals surface area contributed by atoms with Crippen LogP contribution in [-0.2, 0) is 4.74 Å². The quantitative estimate of drug-likeness (QED) is 0.462. The van der Waals surface area contributed by atoms with Gasteiger partial charge in [0, 0.05) is 47.5 Å². The fourth-order valence-electron chi connectivity index (χ4n) is 4.16. The predicted molar refractivity (Wildman–Crippen MR) is 129 cm³/mol. The highest BCUT2D eigenvalue weighted by Crippen LogP contribution is 2.32. The van der Waals surface area contributed by atoms with E-state index in [9.17, 15) is 9.18 Å². The van der Waals surface area contributed by atoms with E-state index in [0.29, 0.717) is 36.9 Å². The van der Waals surface area contributed by atoms with Crippen molar-refractivity contribution in [1.29, 1.82) is 0 Å². The number of aryl methyl sites for hydroxylation is 1. The Labute approximate surface area is 200 Å². The second kappa shape index (κ2) is 8.81. The average molecular weight is 483 g/mol. The minimum Gasteiger partial charge on any atom is -0.370 e. The summed E-state index contributed by atoms with van der Waals surface area (Å²) >= 11 is 5.95. The molecule has 1 atom stereocenters. The zero-order valence-electron chi connectivity index (χ0n) is 19.0. The van der Waals surface area contributed by atoms with Gasteiger partial charge in [-0.3, -0.25) is 9.48 Å². The highest BCUT2D eigenvalue weighted by Gasteiger charge is 2.26. The average Bonchev–Trinajstić information content (AvgIpc) is 3.29. The van der Waals surface area contributed by atoms with Crippen LogP contribution in [-0.4, -0.2) is 44.4 Å². The Morgan fingerprint density at radius 1 is 1.26 bits per heavy atom. The first-order valence-corrected chi connectivity index (χ1v) is 11.5. The third-order valence-corrected chi connectivity index (χ3v) is 6.13. The lowest BCUT2D eigenvalue weighted by atomic mass is 10.1. The number of anilines is 1. The summed E-state index contributed by atoms with van der Waals surface area (Å²) in [5, 5.41) is 4.92. The van der Waals surface area contributed by atoms with Crippen LogP contribution in [0.1, 0.15) is 37.4 Å². The van der Waals surface area contributed by atoms with Crippen molar-refractivity contribution in [1.82, 2.24) is 24.7 Å². The number of morpholine rings is 1. The molecule has 1 aromatic carbocycles. The molecule has 1 aliphatic rings. The molecule has 1 N–H and O–H groups in total. The van der Waals surface area contributed by atoms with Crippen LogP contribution in [0.4, 0.5) is 10.2 Å². The lowest BCUT2D eigenvalue weighted by Crippen LogP contribution is -2.39. The van der Waals surface area contributed by atoms with E-state index in [0.717, 1.165) is 5.56 Å². The number of benzene rings is 1. The van der Waals surface area contributed by atoms with Crippen molar-refractivity contribution in [3.63, 3.8) is 0 Å². The fourth-order valence-corrected chi connectivity index (χ4v) is 4.32. The molecule has 10 heteroatoms. The Bertz CT molecular complexity index is 1430. The maximum Gasteiger partial charge on any atom is 0.260 e. The van der Waals surface area contributed by atoms with Crippen LogP contribution in [0.25, 0.3) is 22.2 Å². The molecule has 8 nitrogen and oxygen atoms in total. The number of hydrogen-bond acceptors (Lipinski definition) is 6. The number of pyridine rings is 1. The normalized spacial score (nSPS) is 16.5. The first-order chi connectivity index (χ1) is 16.3. The minimum atomic E-state index is -0.556. The maximum atomic E-state index is 14.9. The van der Waals surface area contributed by atoms with Crippen LogP contribution in [0.5, 0.6) is 0 Å². The monoisotopic (exact) mass is 482 g/mol. The Morgan fingerprint density at radius 2 is 2.09 bits per heavy atom. The molecular formula is C24H24ClFN6O2. The van der Waals surface area contributed by atoms with E-state index in [1.165, 1.54) is 12.1 Å². The largest absolute Gasteiger partial charge is 0.370 e. The molecule has 4 aromatic rings. The standard InChI is InChI=1S/C24H24ClFN6O2/c1-13(2)32-11-15(10-27-32)20-12-31(6-7-34-20)21-9-19-22(24(33)29-14(3)28-19)23(30-21)17-5-4-16(25)8-18(17)26/h4-5,8-11,13,20H,6-7,12H2,1-3H3,(H,28,29,33)/t20-/m1/s1. The summed E-state index contributed by atoms with van der Waals surface area (Å²) in [4.78, 5) is 26.8. The van der Waals surface area contributed by atoms with Gasteiger partial charge >= 0.3 is 0 Å². The van der Waals surface area contributed by atoms with Gasteiger partial charge in [-0.15, -0.1) is 0 Å². The molecule has 0 unspecified atom stereocenters. The summed E-state index contributed by atoms with van der Waals surface area (Å²) in [6.45, 7) is 7.46. The van der Waals surface area contributed by atoms with Crippen molar-refractivity contribution in [2.75, 3.05) is 24.6 Å². The highest BCUT2D eigenvalue weighted by atomic mass is 35.5. The van der Waals surface area contributed by atoms with E-state index >= 15 is 0 Å². The molecule has 5 rings (SSSR count). The molecule has 0 amide bonds. The van der Waals surface area contributed by atoms with Crippen molar-refractivity contribution in [2.24, 2.45) is 0 Å². The summed E-state index contributed by atoms with van der Waals surface area (Å²) in [6.07, 6.45) is 3.62. The molecule has 0 bridgehead atoms. The van der Waals surface area contributed by atoms with Gasteiger partial charge in [0.2, 0.25) is 0 Å². The van der Waals surface area contributed by atoms with Crippen molar-refractivity contribution in [3.8, 4) is 11.3 Å². The van der Waals surface area contributed by atoms with E-state index in [-0.39, 0.29) is 39.4 Å². The van der Waals surface area contributed by atoms with Gasteiger partial charge in [-0.2, -0.15) is 5.10 Å². The smallest absolute Gasteiger partial charge is 0.260 e. The molecule has 4 heterocycles. The number of rotatable bonds is 4. The number of nitrogens with zero attached hydrogens (tertiary/aromatic N) is 5. The van der Waals surface area contributed by atoms with Gasteiger partial charge in [-0.25, -0.2) is 14.4 Å². The Balaban J connectivity index is 1.60. The number of fused-ring (bicyclic) bond motifs is 1. The zero-order chi connectivity index (χ0) is 24.0. The first-order valence-electron chi connectivity index (χ1n) is 11.1. The first kappa shape index (κ1) is 22.5. The Kier molecular flexibility index (Phi) is 5.83. The van der Waals surface area contributed by atoms with Crippen molar-refractivity contribution in [2.45, 2.75) is 32.9 Å². The van der Waals surface area contributed by atoms with Crippen LogP contribution in [0.15, 0.2) is 41.5 Å². The number of nitrogens with one attached hydrogen (secondary N) is 1. The molecule has 1 fully saturated rings. The second-order valence-electron chi connectivity index (χ2n) is 8.65. The van der Waals surface area contributed by atoms with E-state index in [4.69, 9.17) is 21.3 Å². The maximum absolute atomic E-state index is 14.9. The van der Waals surface area contributed by atoms with E-state index in [2.05, 4.69) is 33.8 Å². The number of ether oxygens (including phenoxy) is 1. The zero-order valence-corrected chi connectivity index (χ0v) is 19.8. The molecule has 0 spiro atoms. The lowest BCUT2D eigenvalue weighted by Gasteiger charge is -2.33. The highest BCUT2D eigenvalue weighted by molar-refractivity contribution is 6.30. The van der Waals surface area contributed by atoms with Crippen LogP contribution in [0.2, 0.25) is 5.02 Å². The van der Waals surface area contributed by atoms with E-state index in [1.807, 2.05) is 17.1 Å². The topological polar surface area (TPSA) is 88.9 Å². The summed E-state index contributed by atoms with van der Waals surface area (Å²) in [5.41, 5.74) is 1.48. The molecule has 1 saturated heterocycles. The number of aromatic amines is 1. The Morgan fingerprint density at radius 3 is 2.82 bits per heavy atom. The second-order valence-corrected chi connectivity index (χ2v) is 9.09. The molecule has 34 heavy (non-hydrogen) atoms. The summed E-state index contributed by atoms with van der Waals surface area (Å²) in [7, 11) is 0. The SMILES string of the molecule is Cc1nc2cc(N3CCO[C@@H](c4cnn(C(C)C)c4)C3)nc(-c3ccc(Cl)cc3F)c2c(=O)[nH]1. The summed E-state index contributed by atoms with van der Waals surface area (Å²) in [5.74, 6) is 0.511. The van der Waals surface area contributed by atoms with Gasteiger partial charge in [-0.1, -0.05) is 11.6 Å². The van der Waals surface area contributed by atoms with Crippen molar-refractivity contribution >= 4 is 28.3 Å². The molecular weight excluding hydrogens is 459 g/mol. The van der Waals surface area contributed by atoms with Gasteiger partial charge in [0.15, 0.2) is 0 Å². The van der Waals surface area contributed by atoms with Crippen LogP contribution in [0.3, 0.4) is 0 Å². The summed E-state index contributed by atoms with van der Waals surface area (Å²) in [6, 6.07) is 6.34. The van der Waals surface area contributed by atoms with Gasteiger partial charge in [0.1, 0.15) is 23.6 Å². The molecule has 1 aliphatic heterocycles. The number of hydrogen-bond donors (Lipinski definition) is 1. The van der Waals surface area contributed by atoms with Crippen molar-refractivity contribution < 1.29 is 9.13 Å². The number of aromatic nitrogens is 5. The molecule has 3 aromatic heterocycles. The van der Waals surface area contributed by atoms with E-state index in [1.54, 1.807) is 19.1 Å². The number of H-pyrrole nitrogens is 1. The van der Waals surface area contributed by atoms with Gasteiger partial charge in [-0.05, 0) is 39.0 Å². The Hall–Kier alpha value is -3.30. The van der Waals surface area contributed by atoms with E-state index < -0.39 is 5.82 Å². The van der Waals surface area contributed by atoms with Crippen LogP contribution in [0, 0.1) is 12.7 Å². The van der Waals surface area contributed by atoms with Gasteiger partial charge < -0.3 is 14.6 Å². The van der Waals surface area contributed by atoms with Gasteiger partial charge in [0.25, 0.3) is 5.56 Å². The predicted octanol–water partition coefficient (Wildman–Crippen LogP) is 4.44. The molecule has 0 radical (unpaired) electrons.